The molecule has 0 fully saturated rings. The summed E-state index contributed by atoms with van der Waals surface area (Å²) in [6.45, 7) is 2.76. The quantitative estimate of drug-likeness (QED) is 0.723. The topological polar surface area (TPSA) is 49.4 Å². The van der Waals surface area contributed by atoms with E-state index in [0.717, 1.165) is 24.2 Å². The van der Waals surface area contributed by atoms with Crippen LogP contribution < -0.4 is 10.2 Å². The van der Waals surface area contributed by atoms with Crippen LogP contribution in [-0.2, 0) is 12.8 Å². The molecular formula is C24H22N2O2. The zero-order chi connectivity index (χ0) is 19.5. The third-order valence-corrected chi connectivity index (χ3v) is 5.12. The van der Waals surface area contributed by atoms with Crippen LogP contribution in [0.25, 0.3) is 0 Å². The second kappa shape index (κ2) is 7.69. The fourth-order valence-electron chi connectivity index (χ4n) is 3.53. The van der Waals surface area contributed by atoms with Gasteiger partial charge in [0.25, 0.3) is 11.8 Å². The fourth-order valence-corrected chi connectivity index (χ4v) is 3.53. The van der Waals surface area contributed by atoms with Crippen molar-refractivity contribution in [3.8, 4) is 0 Å². The van der Waals surface area contributed by atoms with Crippen LogP contribution in [-0.4, -0.2) is 18.4 Å². The van der Waals surface area contributed by atoms with E-state index in [1.165, 1.54) is 11.1 Å². The molecule has 3 aromatic carbocycles. The molecule has 0 bridgehead atoms. The Bertz CT molecular complexity index is 1020. The predicted molar refractivity (Wildman–Crippen MR) is 112 cm³/mol. The number of aryl methyl sites for hydroxylation is 1. The molecule has 0 spiro atoms. The van der Waals surface area contributed by atoms with E-state index in [2.05, 4.69) is 18.3 Å². The van der Waals surface area contributed by atoms with Crippen LogP contribution in [0.1, 0.15) is 38.8 Å². The molecule has 4 rings (SSSR count). The van der Waals surface area contributed by atoms with Gasteiger partial charge >= 0.3 is 0 Å². The number of rotatable bonds is 4. The molecule has 1 N–H and O–H groups in total. The number of hydrogen-bond acceptors (Lipinski definition) is 2. The van der Waals surface area contributed by atoms with E-state index in [-0.39, 0.29) is 11.8 Å². The van der Waals surface area contributed by atoms with Crippen molar-refractivity contribution in [2.45, 2.75) is 19.8 Å². The molecule has 0 saturated carbocycles. The lowest BCUT2D eigenvalue weighted by molar-refractivity contribution is 0.0989. The van der Waals surface area contributed by atoms with Crippen molar-refractivity contribution in [3.05, 3.63) is 95.1 Å². The summed E-state index contributed by atoms with van der Waals surface area (Å²) in [6, 6.07) is 22.7. The van der Waals surface area contributed by atoms with E-state index < -0.39 is 0 Å². The predicted octanol–water partition coefficient (Wildman–Crippen LogP) is 4.70. The summed E-state index contributed by atoms with van der Waals surface area (Å²) in [4.78, 5) is 27.4. The molecule has 0 saturated heterocycles. The Morgan fingerprint density at radius 3 is 2.46 bits per heavy atom. The number of hydrogen-bond donors (Lipinski definition) is 1. The number of nitrogens with zero attached hydrogens (tertiary/aromatic N) is 1. The molecule has 28 heavy (non-hydrogen) atoms. The molecule has 140 valence electrons. The van der Waals surface area contributed by atoms with Gasteiger partial charge in [-0.25, -0.2) is 0 Å². The Balaban J connectivity index is 1.52. The first-order valence-corrected chi connectivity index (χ1v) is 9.56. The average molecular weight is 370 g/mol. The van der Waals surface area contributed by atoms with Gasteiger partial charge in [0.2, 0.25) is 0 Å². The first-order valence-electron chi connectivity index (χ1n) is 9.56. The number of nitrogens with one attached hydrogen (secondary N) is 1. The largest absolute Gasteiger partial charge is 0.322 e. The lowest BCUT2D eigenvalue weighted by atomic mass is 10.1. The maximum Gasteiger partial charge on any atom is 0.258 e. The molecule has 3 aromatic rings. The minimum absolute atomic E-state index is 0.0769. The van der Waals surface area contributed by atoms with Gasteiger partial charge in [-0.3, -0.25) is 9.59 Å². The molecule has 0 atom stereocenters. The molecule has 0 aliphatic carbocycles. The summed E-state index contributed by atoms with van der Waals surface area (Å²) in [7, 11) is 0. The molecule has 4 heteroatoms. The highest BCUT2D eigenvalue weighted by atomic mass is 16.2. The van der Waals surface area contributed by atoms with Gasteiger partial charge in [-0.2, -0.15) is 0 Å². The summed E-state index contributed by atoms with van der Waals surface area (Å²) >= 11 is 0. The summed E-state index contributed by atoms with van der Waals surface area (Å²) in [6.07, 6.45) is 1.81. The molecule has 4 nitrogen and oxygen atoms in total. The maximum atomic E-state index is 13.0. The molecule has 0 radical (unpaired) electrons. The van der Waals surface area contributed by atoms with Crippen LogP contribution in [0.5, 0.6) is 0 Å². The van der Waals surface area contributed by atoms with Crippen molar-refractivity contribution in [2.24, 2.45) is 0 Å². The van der Waals surface area contributed by atoms with Crippen LogP contribution >= 0.6 is 0 Å². The zero-order valence-electron chi connectivity index (χ0n) is 15.8. The maximum absolute atomic E-state index is 13.0. The molecule has 1 heterocycles. The number of amides is 2. The monoisotopic (exact) mass is 370 g/mol. The van der Waals surface area contributed by atoms with Crippen LogP contribution in [0.15, 0.2) is 72.8 Å². The number of fused-ring (bicyclic) bond motifs is 1. The highest BCUT2D eigenvalue weighted by Crippen LogP contribution is 2.29. The Hall–Kier alpha value is -3.40. The Morgan fingerprint density at radius 2 is 1.68 bits per heavy atom. The third-order valence-electron chi connectivity index (χ3n) is 5.12. The van der Waals surface area contributed by atoms with E-state index in [1.54, 1.807) is 29.2 Å². The molecular weight excluding hydrogens is 348 g/mol. The highest BCUT2D eigenvalue weighted by molar-refractivity contribution is 6.10. The van der Waals surface area contributed by atoms with E-state index in [0.29, 0.717) is 17.7 Å². The first-order chi connectivity index (χ1) is 13.7. The Morgan fingerprint density at radius 1 is 0.929 bits per heavy atom. The Labute approximate surface area is 164 Å². The van der Waals surface area contributed by atoms with Crippen LogP contribution in [0, 0.1) is 0 Å². The van der Waals surface area contributed by atoms with Gasteiger partial charge in [-0.15, -0.1) is 0 Å². The van der Waals surface area contributed by atoms with E-state index in [9.17, 15) is 9.59 Å². The van der Waals surface area contributed by atoms with Crippen molar-refractivity contribution in [3.63, 3.8) is 0 Å². The second-order valence-electron chi connectivity index (χ2n) is 6.92. The third kappa shape index (κ3) is 3.54. The molecule has 1 aliphatic rings. The second-order valence-corrected chi connectivity index (χ2v) is 6.92. The van der Waals surface area contributed by atoms with Gasteiger partial charge in [0.15, 0.2) is 0 Å². The molecule has 2 amide bonds. The van der Waals surface area contributed by atoms with Crippen LogP contribution in [0.3, 0.4) is 0 Å². The minimum Gasteiger partial charge on any atom is -0.322 e. The number of anilines is 2. The summed E-state index contributed by atoms with van der Waals surface area (Å²) < 4.78 is 0. The summed E-state index contributed by atoms with van der Waals surface area (Å²) in [5, 5.41) is 2.90. The standard InChI is InChI=1S/C24H22N2O2/c1-2-17-10-12-21(13-11-17)25-23(27)19-7-5-8-20(16-19)24(28)26-15-14-18-6-3-4-9-22(18)26/h3-13,16H,2,14-15H2,1H3,(H,25,27). The fraction of sp³-hybridized carbons (Fsp3) is 0.167. The molecule has 0 unspecified atom stereocenters. The van der Waals surface area contributed by atoms with E-state index in [1.807, 2.05) is 42.5 Å². The number of carbonyl (C=O) groups excluding carboxylic acids is 2. The molecule has 1 aliphatic heterocycles. The average Bonchev–Trinajstić information content (AvgIpc) is 3.18. The normalized spacial score (nSPS) is 12.5. The van der Waals surface area contributed by atoms with Crippen molar-refractivity contribution in [1.29, 1.82) is 0 Å². The minimum atomic E-state index is -0.222. The lowest BCUT2D eigenvalue weighted by Crippen LogP contribution is -2.29. The first kappa shape index (κ1) is 18.0. The SMILES string of the molecule is CCc1ccc(NC(=O)c2cccc(C(=O)N3CCc4ccccc43)c2)cc1. The van der Waals surface area contributed by atoms with Gasteiger partial charge in [0.05, 0.1) is 0 Å². The van der Waals surface area contributed by atoms with Crippen molar-refractivity contribution in [2.75, 3.05) is 16.8 Å². The Kier molecular flexibility index (Phi) is 4.94. The zero-order valence-corrected chi connectivity index (χ0v) is 15.8. The van der Waals surface area contributed by atoms with Crippen molar-refractivity contribution in [1.82, 2.24) is 0 Å². The number of para-hydroxylation sites is 1. The lowest BCUT2D eigenvalue weighted by Gasteiger charge is -2.17. The van der Waals surface area contributed by atoms with Gasteiger partial charge in [0.1, 0.15) is 0 Å². The van der Waals surface area contributed by atoms with Crippen molar-refractivity contribution < 1.29 is 9.59 Å². The van der Waals surface area contributed by atoms with Gasteiger partial charge in [0, 0.05) is 29.0 Å². The number of benzene rings is 3. The summed E-state index contributed by atoms with van der Waals surface area (Å²) in [5.41, 5.74) is 5.09. The van der Waals surface area contributed by atoms with Gasteiger partial charge in [-0.05, 0) is 60.4 Å². The van der Waals surface area contributed by atoms with E-state index >= 15 is 0 Å². The van der Waals surface area contributed by atoms with E-state index in [4.69, 9.17) is 0 Å². The smallest absolute Gasteiger partial charge is 0.258 e. The molecule has 0 aromatic heterocycles. The van der Waals surface area contributed by atoms with Crippen LogP contribution in [0.4, 0.5) is 11.4 Å². The van der Waals surface area contributed by atoms with Crippen LogP contribution in [0.2, 0.25) is 0 Å². The number of carbonyl (C=O) groups is 2. The highest BCUT2D eigenvalue weighted by Gasteiger charge is 2.25. The van der Waals surface area contributed by atoms with Gasteiger partial charge in [-0.1, -0.05) is 43.3 Å². The van der Waals surface area contributed by atoms with Crippen molar-refractivity contribution >= 4 is 23.2 Å². The summed E-state index contributed by atoms with van der Waals surface area (Å²) in [5.74, 6) is -0.299. The van der Waals surface area contributed by atoms with Gasteiger partial charge < -0.3 is 10.2 Å².